The minimum atomic E-state index is -3.52. The van der Waals surface area contributed by atoms with Crippen LogP contribution in [0.4, 0.5) is 0 Å². The number of carboxylic acid groups (broad SMARTS) is 1. The fraction of sp³-hybridized carbons (Fsp3) is 0.261. The molecule has 0 saturated carbocycles. The summed E-state index contributed by atoms with van der Waals surface area (Å²) in [5.41, 5.74) is 3.25. The summed E-state index contributed by atoms with van der Waals surface area (Å²) < 4.78 is 24.6. The number of benzene rings is 2. The molecule has 1 aromatic heterocycles. The highest BCUT2D eigenvalue weighted by Crippen LogP contribution is 2.47. The third kappa shape index (κ3) is 3.74. The van der Waals surface area contributed by atoms with Crippen molar-refractivity contribution in [2.24, 2.45) is 0 Å². The molecule has 4 nitrogen and oxygen atoms in total. The summed E-state index contributed by atoms with van der Waals surface area (Å²) in [6.45, 7) is 0. The zero-order valence-corrected chi connectivity index (χ0v) is 17.5. The maximum Gasteiger partial charge on any atom is 0.305 e. The molecular weight excluding hydrogens is 404 g/mol. The molecule has 1 fully saturated rings. The number of aliphatic carboxylic acids is 1. The summed E-state index contributed by atoms with van der Waals surface area (Å²) in [5.74, 6) is -1.02. The monoisotopic (exact) mass is 426 g/mol. The van der Waals surface area contributed by atoms with E-state index in [0.717, 1.165) is 28.0 Å². The molecule has 0 aliphatic carbocycles. The SMILES string of the molecule is O=C(O)C[C@]1(c2ccc(-c3ccc(-c4ccccc4)cc3)s2)CCCCS1(=O)=O. The summed E-state index contributed by atoms with van der Waals surface area (Å²) >= 11 is 1.39. The smallest absolute Gasteiger partial charge is 0.305 e. The van der Waals surface area contributed by atoms with E-state index in [-0.39, 0.29) is 12.2 Å². The minimum absolute atomic E-state index is 0.0548. The Hall–Kier alpha value is -2.44. The van der Waals surface area contributed by atoms with Gasteiger partial charge < -0.3 is 5.11 Å². The van der Waals surface area contributed by atoms with E-state index in [1.165, 1.54) is 11.3 Å². The highest BCUT2D eigenvalue weighted by Gasteiger charge is 2.49. The van der Waals surface area contributed by atoms with Crippen molar-refractivity contribution in [1.82, 2.24) is 0 Å². The quantitative estimate of drug-likeness (QED) is 0.597. The Morgan fingerprint density at radius 3 is 2.21 bits per heavy atom. The van der Waals surface area contributed by atoms with Crippen LogP contribution in [-0.2, 0) is 19.4 Å². The molecule has 1 N–H and O–H groups in total. The van der Waals surface area contributed by atoms with Gasteiger partial charge in [0.2, 0.25) is 0 Å². The van der Waals surface area contributed by atoms with Crippen LogP contribution in [0.3, 0.4) is 0 Å². The van der Waals surface area contributed by atoms with E-state index in [2.05, 4.69) is 24.3 Å². The van der Waals surface area contributed by atoms with Gasteiger partial charge in [-0.2, -0.15) is 0 Å². The number of carbonyl (C=O) groups is 1. The van der Waals surface area contributed by atoms with E-state index in [4.69, 9.17) is 0 Å². The number of thiophene rings is 1. The second-order valence-electron chi connectivity index (χ2n) is 7.45. The molecule has 0 spiro atoms. The van der Waals surface area contributed by atoms with Crippen LogP contribution in [-0.4, -0.2) is 25.2 Å². The van der Waals surface area contributed by atoms with Crippen LogP contribution in [0.25, 0.3) is 21.6 Å². The summed E-state index contributed by atoms with van der Waals surface area (Å²) in [4.78, 5) is 13.1. The summed E-state index contributed by atoms with van der Waals surface area (Å²) in [6.07, 6.45) is 1.32. The first-order chi connectivity index (χ1) is 13.9. The lowest BCUT2D eigenvalue weighted by Gasteiger charge is -2.34. The van der Waals surface area contributed by atoms with Crippen molar-refractivity contribution in [3.05, 3.63) is 71.6 Å². The zero-order valence-electron chi connectivity index (χ0n) is 15.9. The Balaban J connectivity index is 1.69. The van der Waals surface area contributed by atoms with Gasteiger partial charge in [0.1, 0.15) is 4.75 Å². The van der Waals surface area contributed by atoms with Gasteiger partial charge in [-0.05, 0) is 41.7 Å². The van der Waals surface area contributed by atoms with Crippen molar-refractivity contribution < 1.29 is 18.3 Å². The average molecular weight is 427 g/mol. The molecule has 6 heteroatoms. The topological polar surface area (TPSA) is 71.4 Å². The van der Waals surface area contributed by atoms with E-state index in [1.54, 1.807) is 6.07 Å². The number of carboxylic acids is 1. The Morgan fingerprint density at radius 2 is 1.55 bits per heavy atom. The van der Waals surface area contributed by atoms with Crippen molar-refractivity contribution in [2.45, 2.75) is 30.4 Å². The Kier molecular flexibility index (Phi) is 5.32. The number of rotatable bonds is 5. The van der Waals surface area contributed by atoms with Crippen LogP contribution in [0.15, 0.2) is 66.7 Å². The molecule has 1 aliphatic heterocycles. The predicted molar refractivity (Wildman–Crippen MR) is 117 cm³/mol. The standard InChI is InChI=1S/C23H22O4S2/c24-22(25)16-23(14-4-5-15-29(23,26)27)21-13-12-20(28-21)19-10-8-18(9-11-19)17-6-2-1-3-7-17/h1-3,6-13H,4-5,14-16H2,(H,24,25)/t23-/m0/s1. The lowest BCUT2D eigenvalue weighted by atomic mass is 9.95. The molecular formula is C23H22O4S2. The van der Waals surface area contributed by atoms with Crippen molar-refractivity contribution in [1.29, 1.82) is 0 Å². The summed E-state index contributed by atoms with van der Waals surface area (Å²) in [6, 6.07) is 22.0. The molecule has 3 aromatic rings. The molecule has 1 atom stereocenters. The molecule has 0 amide bonds. The first-order valence-corrected chi connectivity index (χ1v) is 12.1. The van der Waals surface area contributed by atoms with E-state index in [1.807, 2.05) is 36.4 Å². The molecule has 0 bridgehead atoms. The first-order valence-electron chi connectivity index (χ1n) is 9.62. The molecule has 29 heavy (non-hydrogen) atoms. The van der Waals surface area contributed by atoms with Gasteiger partial charge in [-0.15, -0.1) is 11.3 Å². The number of hydrogen-bond acceptors (Lipinski definition) is 4. The maximum atomic E-state index is 12.9. The second kappa shape index (κ2) is 7.76. The van der Waals surface area contributed by atoms with Gasteiger partial charge in [0.15, 0.2) is 9.84 Å². The Bertz CT molecular complexity index is 1120. The lowest BCUT2D eigenvalue weighted by Crippen LogP contribution is -2.41. The van der Waals surface area contributed by atoms with Crippen LogP contribution >= 0.6 is 11.3 Å². The normalized spacial score (nSPS) is 21.0. The van der Waals surface area contributed by atoms with Gasteiger partial charge in [-0.3, -0.25) is 4.79 Å². The molecule has 150 valence electrons. The van der Waals surface area contributed by atoms with Gasteiger partial charge in [-0.25, -0.2) is 8.42 Å². The summed E-state index contributed by atoms with van der Waals surface area (Å²) in [7, 11) is -3.52. The van der Waals surface area contributed by atoms with Crippen molar-refractivity contribution in [3.8, 4) is 21.6 Å². The van der Waals surface area contributed by atoms with E-state index < -0.39 is 20.6 Å². The zero-order chi connectivity index (χ0) is 20.5. The van der Waals surface area contributed by atoms with E-state index >= 15 is 0 Å². The van der Waals surface area contributed by atoms with Gasteiger partial charge in [0, 0.05) is 9.75 Å². The van der Waals surface area contributed by atoms with Crippen LogP contribution in [0.1, 0.15) is 30.6 Å². The third-order valence-electron chi connectivity index (χ3n) is 5.61. The fourth-order valence-corrected chi connectivity index (χ4v) is 7.83. The maximum absolute atomic E-state index is 12.9. The highest BCUT2D eigenvalue weighted by atomic mass is 32.2. The van der Waals surface area contributed by atoms with Gasteiger partial charge >= 0.3 is 5.97 Å². The van der Waals surface area contributed by atoms with E-state index in [9.17, 15) is 18.3 Å². The molecule has 0 unspecified atom stereocenters. The van der Waals surface area contributed by atoms with Crippen molar-refractivity contribution >= 4 is 27.1 Å². The molecule has 4 rings (SSSR count). The molecule has 1 saturated heterocycles. The van der Waals surface area contributed by atoms with Crippen molar-refractivity contribution in [2.75, 3.05) is 5.75 Å². The average Bonchev–Trinajstić information content (AvgIpc) is 3.21. The molecule has 2 aromatic carbocycles. The molecule has 0 radical (unpaired) electrons. The molecule has 2 heterocycles. The van der Waals surface area contributed by atoms with Crippen molar-refractivity contribution in [3.63, 3.8) is 0 Å². The number of sulfone groups is 1. The van der Waals surface area contributed by atoms with Gasteiger partial charge in [-0.1, -0.05) is 61.0 Å². The number of hydrogen-bond donors (Lipinski definition) is 1. The second-order valence-corrected chi connectivity index (χ2v) is 11.0. The summed E-state index contributed by atoms with van der Waals surface area (Å²) in [5, 5.41) is 9.43. The van der Waals surface area contributed by atoms with E-state index in [0.29, 0.717) is 17.7 Å². The molecule has 1 aliphatic rings. The fourth-order valence-electron chi connectivity index (χ4n) is 4.06. The van der Waals surface area contributed by atoms with Crippen LogP contribution in [0.2, 0.25) is 0 Å². The Morgan fingerprint density at radius 1 is 0.897 bits per heavy atom. The van der Waals surface area contributed by atoms with Crippen LogP contribution < -0.4 is 0 Å². The van der Waals surface area contributed by atoms with Crippen LogP contribution in [0.5, 0.6) is 0 Å². The Labute approximate surface area is 174 Å². The van der Waals surface area contributed by atoms with Gasteiger partial charge in [0.05, 0.1) is 12.2 Å². The van der Waals surface area contributed by atoms with Gasteiger partial charge in [0.25, 0.3) is 0 Å². The third-order valence-corrected chi connectivity index (χ3v) is 9.66. The van der Waals surface area contributed by atoms with Crippen LogP contribution in [0, 0.1) is 0 Å². The lowest BCUT2D eigenvalue weighted by molar-refractivity contribution is -0.137. The first kappa shape index (κ1) is 19.9. The largest absolute Gasteiger partial charge is 0.481 e. The predicted octanol–water partition coefficient (Wildman–Crippen LogP) is 5.35. The minimum Gasteiger partial charge on any atom is -0.481 e. The highest BCUT2D eigenvalue weighted by molar-refractivity contribution is 7.92.